The number of hydrogen-bond acceptors (Lipinski definition) is 2. The molecule has 0 atom stereocenters. The van der Waals surface area contributed by atoms with Gasteiger partial charge in [0, 0.05) is 24.7 Å². The van der Waals surface area contributed by atoms with Crippen LogP contribution in [0, 0.1) is 5.82 Å². The van der Waals surface area contributed by atoms with Crippen molar-refractivity contribution in [1.82, 2.24) is 10.6 Å². The molecule has 88 valence electrons. The molecule has 0 aliphatic rings. The number of nitrogens with one attached hydrogen (secondary N) is 2. The Kier molecular flexibility index (Phi) is 5.01. The minimum absolute atomic E-state index is 0.323. The molecular weight excluding hydrogens is 233 g/mol. The molecule has 0 aromatic heterocycles. The van der Waals surface area contributed by atoms with E-state index in [1.54, 1.807) is 0 Å². The summed E-state index contributed by atoms with van der Waals surface area (Å²) in [5.41, 5.74) is 5.56. The number of carbonyl (C=O) groups excluding carboxylic acids is 1. The molecule has 0 saturated heterocycles. The van der Waals surface area contributed by atoms with Gasteiger partial charge in [0.2, 0.25) is 0 Å². The minimum Gasteiger partial charge on any atom is -0.352 e. The van der Waals surface area contributed by atoms with Crippen LogP contribution in [0.15, 0.2) is 18.2 Å². The summed E-state index contributed by atoms with van der Waals surface area (Å²) in [6.07, 6.45) is 0. The van der Waals surface area contributed by atoms with Crippen molar-refractivity contribution in [3.05, 3.63) is 34.6 Å². The van der Waals surface area contributed by atoms with E-state index >= 15 is 0 Å². The zero-order chi connectivity index (χ0) is 12.0. The number of primary amides is 1. The predicted octanol–water partition coefficient (Wildman–Crippen LogP) is 1.24. The van der Waals surface area contributed by atoms with Gasteiger partial charge < -0.3 is 16.4 Å². The van der Waals surface area contributed by atoms with Crippen LogP contribution < -0.4 is 16.4 Å². The molecule has 0 radical (unpaired) electrons. The van der Waals surface area contributed by atoms with Gasteiger partial charge in [0.25, 0.3) is 0 Å². The summed E-state index contributed by atoms with van der Waals surface area (Å²) in [5.74, 6) is -0.323. The summed E-state index contributed by atoms with van der Waals surface area (Å²) in [7, 11) is 0. The van der Waals surface area contributed by atoms with E-state index < -0.39 is 6.03 Å². The summed E-state index contributed by atoms with van der Waals surface area (Å²) in [6.45, 7) is 1.40. The first-order valence-electron chi connectivity index (χ1n) is 4.77. The van der Waals surface area contributed by atoms with E-state index in [-0.39, 0.29) is 5.82 Å². The summed E-state index contributed by atoms with van der Waals surface area (Å²) in [4.78, 5) is 10.3. The van der Waals surface area contributed by atoms with Gasteiger partial charge in [-0.15, -0.1) is 0 Å². The number of hydrogen-bond donors (Lipinski definition) is 3. The van der Waals surface area contributed by atoms with Crippen LogP contribution in [-0.4, -0.2) is 19.1 Å². The number of amides is 2. The Morgan fingerprint density at radius 1 is 1.44 bits per heavy atom. The lowest BCUT2D eigenvalue weighted by molar-refractivity contribution is 0.249. The topological polar surface area (TPSA) is 67.2 Å². The maximum Gasteiger partial charge on any atom is 0.312 e. The predicted molar refractivity (Wildman–Crippen MR) is 60.7 cm³/mol. The minimum atomic E-state index is -0.564. The van der Waals surface area contributed by atoms with Crippen LogP contribution >= 0.6 is 11.6 Å². The van der Waals surface area contributed by atoms with Gasteiger partial charge in [0.05, 0.1) is 0 Å². The Morgan fingerprint density at radius 2 is 2.19 bits per heavy atom. The molecule has 2 amide bonds. The van der Waals surface area contributed by atoms with E-state index in [1.807, 2.05) is 0 Å². The molecule has 1 rings (SSSR count). The third kappa shape index (κ3) is 4.46. The molecule has 0 spiro atoms. The smallest absolute Gasteiger partial charge is 0.312 e. The Labute approximate surface area is 98.0 Å². The molecule has 0 aliphatic carbocycles. The maximum absolute atomic E-state index is 12.9. The highest BCUT2D eigenvalue weighted by Gasteiger charge is 2.01. The van der Waals surface area contributed by atoms with Crippen LogP contribution in [0.2, 0.25) is 5.02 Å². The lowest BCUT2D eigenvalue weighted by Gasteiger charge is -2.07. The number of nitrogens with two attached hydrogens (primary N) is 1. The summed E-state index contributed by atoms with van der Waals surface area (Å²) in [6, 6.07) is 3.62. The molecule has 0 heterocycles. The van der Waals surface area contributed by atoms with Crippen LogP contribution in [0.3, 0.4) is 0 Å². The van der Waals surface area contributed by atoms with Crippen molar-refractivity contribution in [3.63, 3.8) is 0 Å². The zero-order valence-electron chi connectivity index (χ0n) is 8.59. The van der Waals surface area contributed by atoms with Gasteiger partial charge in [-0.1, -0.05) is 11.6 Å². The summed E-state index contributed by atoms with van der Waals surface area (Å²) >= 11 is 5.86. The van der Waals surface area contributed by atoms with E-state index in [2.05, 4.69) is 10.6 Å². The van der Waals surface area contributed by atoms with Crippen LogP contribution in [0.25, 0.3) is 0 Å². The average Bonchev–Trinajstić information content (AvgIpc) is 2.22. The lowest BCUT2D eigenvalue weighted by Crippen LogP contribution is -2.35. The normalized spacial score (nSPS) is 10.1. The fourth-order valence-electron chi connectivity index (χ4n) is 1.18. The maximum atomic E-state index is 12.9. The second-order valence-corrected chi connectivity index (χ2v) is 3.61. The van der Waals surface area contributed by atoms with Gasteiger partial charge in [0.1, 0.15) is 5.82 Å². The molecule has 0 saturated carbocycles. The third-order valence-electron chi connectivity index (χ3n) is 1.92. The molecule has 4 N–H and O–H groups in total. The van der Waals surface area contributed by atoms with Crippen LogP contribution in [0.4, 0.5) is 9.18 Å². The SMILES string of the molecule is NC(=O)NCCNCc1cc(F)ccc1Cl. The number of rotatable bonds is 5. The van der Waals surface area contributed by atoms with Crippen LogP contribution in [0.1, 0.15) is 5.56 Å². The summed E-state index contributed by atoms with van der Waals surface area (Å²) in [5, 5.41) is 5.94. The molecule has 6 heteroatoms. The van der Waals surface area contributed by atoms with Crippen molar-refractivity contribution in [2.24, 2.45) is 5.73 Å². The molecule has 0 unspecified atom stereocenters. The summed E-state index contributed by atoms with van der Waals surface area (Å²) < 4.78 is 12.9. The number of benzene rings is 1. The first-order chi connectivity index (χ1) is 7.59. The fraction of sp³-hybridized carbons (Fsp3) is 0.300. The standard InChI is InChI=1S/C10H13ClFN3O/c11-9-2-1-8(12)5-7(9)6-14-3-4-15-10(13)16/h1-2,5,14H,3-4,6H2,(H3,13,15,16). The highest BCUT2D eigenvalue weighted by Crippen LogP contribution is 2.16. The van der Waals surface area contributed by atoms with E-state index in [0.29, 0.717) is 30.2 Å². The van der Waals surface area contributed by atoms with Crippen molar-refractivity contribution in [3.8, 4) is 0 Å². The van der Waals surface area contributed by atoms with Gasteiger partial charge >= 0.3 is 6.03 Å². The van der Waals surface area contributed by atoms with Crippen molar-refractivity contribution in [1.29, 1.82) is 0 Å². The van der Waals surface area contributed by atoms with E-state index in [4.69, 9.17) is 17.3 Å². The van der Waals surface area contributed by atoms with Gasteiger partial charge in [-0.25, -0.2) is 9.18 Å². The molecule has 0 bridgehead atoms. The fourth-order valence-corrected chi connectivity index (χ4v) is 1.36. The first kappa shape index (κ1) is 12.7. The Hall–Kier alpha value is -1.33. The van der Waals surface area contributed by atoms with E-state index in [9.17, 15) is 9.18 Å². The van der Waals surface area contributed by atoms with Crippen molar-refractivity contribution < 1.29 is 9.18 Å². The Balaban J connectivity index is 2.31. The van der Waals surface area contributed by atoms with Gasteiger partial charge in [-0.05, 0) is 23.8 Å². The number of urea groups is 1. The molecular formula is C10H13ClFN3O. The highest BCUT2D eigenvalue weighted by molar-refractivity contribution is 6.31. The highest BCUT2D eigenvalue weighted by atomic mass is 35.5. The van der Waals surface area contributed by atoms with Gasteiger partial charge in [-0.3, -0.25) is 0 Å². The molecule has 0 fully saturated rings. The molecule has 1 aromatic carbocycles. The molecule has 4 nitrogen and oxygen atoms in total. The third-order valence-corrected chi connectivity index (χ3v) is 2.29. The van der Waals surface area contributed by atoms with E-state index in [1.165, 1.54) is 18.2 Å². The molecule has 1 aromatic rings. The van der Waals surface area contributed by atoms with Crippen LogP contribution in [-0.2, 0) is 6.54 Å². The Bertz CT molecular complexity index is 373. The lowest BCUT2D eigenvalue weighted by atomic mass is 10.2. The quantitative estimate of drug-likeness (QED) is 0.684. The van der Waals surface area contributed by atoms with Crippen molar-refractivity contribution in [2.75, 3.05) is 13.1 Å². The largest absolute Gasteiger partial charge is 0.352 e. The zero-order valence-corrected chi connectivity index (χ0v) is 9.35. The van der Waals surface area contributed by atoms with Gasteiger partial charge in [0.15, 0.2) is 0 Å². The Morgan fingerprint density at radius 3 is 2.88 bits per heavy atom. The van der Waals surface area contributed by atoms with Crippen molar-refractivity contribution in [2.45, 2.75) is 6.54 Å². The number of carbonyl (C=O) groups is 1. The molecule has 16 heavy (non-hydrogen) atoms. The monoisotopic (exact) mass is 245 g/mol. The van der Waals surface area contributed by atoms with E-state index in [0.717, 1.165) is 0 Å². The molecule has 0 aliphatic heterocycles. The number of halogens is 2. The van der Waals surface area contributed by atoms with Crippen molar-refractivity contribution >= 4 is 17.6 Å². The van der Waals surface area contributed by atoms with Gasteiger partial charge in [-0.2, -0.15) is 0 Å². The average molecular weight is 246 g/mol. The second-order valence-electron chi connectivity index (χ2n) is 3.20. The second kappa shape index (κ2) is 6.30. The van der Waals surface area contributed by atoms with Crippen LogP contribution in [0.5, 0.6) is 0 Å². The first-order valence-corrected chi connectivity index (χ1v) is 5.15.